The lowest BCUT2D eigenvalue weighted by Gasteiger charge is -2.42. The van der Waals surface area contributed by atoms with Crippen molar-refractivity contribution in [1.29, 1.82) is 0 Å². The molecular weight excluding hydrogens is 412 g/mol. The molecule has 3 atom stereocenters. The largest absolute Gasteiger partial charge is 0.396 e. The summed E-state index contributed by atoms with van der Waals surface area (Å²) < 4.78 is 19.1. The van der Waals surface area contributed by atoms with Gasteiger partial charge in [-0.3, -0.25) is 0 Å². The van der Waals surface area contributed by atoms with E-state index >= 15 is 0 Å². The van der Waals surface area contributed by atoms with Gasteiger partial charge in [0.2, 0.25) is 0 Å². The lowest BCUT2D eigenvalue weighted by Crippen LogP contribution is -2.66. The smallest absolute Gasteiger partial charge is 0.262 e. The van der Waals surface area contributed by atoms with E-state index in [9.17, 15) is 0 Å². The Balaban J connectivity index is 1.55. The predicted octanol–water partition coefficient (Wildman–Crippen LogP) is 4.68. The number of hydrogen-bond acceptors (Lipinski definition) is 3. The topological polar surface area (TPSA) is 27.7 Å². The summed E-state index contributed by atoms with van der Waals surface area (Å²) in [5.74, 6) is 6.73. The van der Waals surface area contributed by atoms with Crippen molar-refractivity contribution in [2.75, 3.05) is 13.2 Å². The lowest BCUT2D eigenvalue weighted by atomic mass is 10.0. The van der Waals surface area contributed by atoms with Gasteiger partial charge in [-0.25, -0.2) is 0 Å². The lowest BCUT2D eigenvalue weighted by molar-refractivity contribution is -0.108. The number of rotatable bonds is 4. The van der Waals surface area contributed by atoms with Crippen LogP contribution in [-0.4, -0.2) is 39.8 Å². The number of benzene rings is 2. The Morgan fingerprint density at radius 1 is 0.875 bits per heavy atom. The van der Waals surface area contributed by atoms with E-state index in [0.717, 1.165) is 38.7 Å². The summed E-state index contributed by atoms with van der Waals surface area (Å²) in [5.41, 5.74) is 0. The van der Waals surface area contributed by atoms with Crippen LogP contribution in [0.5, 0.6) is 0 Å². The molecule has 0 N–H and O–H groups in total. The molecule has 0 bridgehead atoms. The van der Waals surface area contributed by atoms with Gasteiger partial charge in [0.05, 0.1) is 18.8 Å². The van der Waals surface area contributed by atoms with Gasteiger partial charge in [0.25, 0.3) is 8.32 Å². The summed E-state index contributed by atoms with van der Waals surface area (Å²) in [6, 6.07) is 21.5. The van der Waals surface area contributed by atoms with Crippen molar-refractivity contribution in [2.45, 2.75) is 76.2 Å². The first-order valence-corrected chi connectivity index (χ1v) is 13.9. The van der Waals surface area contributed by atoms with E-state index in [1.54, 1.807) is 0 Å². The van der Waals surface area contributed by atoms with Gasteiger partial charge in [-0.2, -0.15) is 0 Å². The van der Waals surface area contributed by atoms with E-state index in [-0.39, 0.29) is 23.4 Å². The molecule has 4 heteroatoms. The Bertz CT molecular complexity index is 871. The molecule has 2 aliphatic rings. The van der Waals surface area contributed by atoms with Gasteiger partial charge in [-0.05, 0) is 47.5 Å². The van der Waals surface area contributed by atoms with Gasteiger partial charge < -0.3 is 13.9 Å². The summed E-state index contributed by atoms with van der Waals surface area (Å²) in [6.45, 7) is 8.17. The van der Waals surface area contributed by atoms with Crippen molar-refractivity contribution in [1.82, 2.24) is 0 Å². The monoisotopic (exact) mass is 448 g/mol. The van der Waals surface area contributed by atoms with Crippen molar-refractivity contribution < 1.29 is 13.9 Å². The van der Waals surface area contributed by atoms with Crippen LogP contribution < -0.4 is 10.4 Å². The summed E-state index contributed by atoms with van der Waals surface area (Å²) in [5, 5.41) is 2.53. The zero-order valence-corrected chi connectivity index (χ0v) is 20.7. The maximum Gasteiger partial charge on any atom is 0.262 e. The van der Waals surface area contributed by atoms with Crippen LogP contribution >= 0.6 is 0 Å². The number of fused-ring (bicyclic) bond motifs is 1. The maximum absolute atomic E-state index is 6.88. The first-order valence-electron chi connectivity index (χ1n) is 12.0. The molecule has 2 aliphatic heterocycles. The van der Waals surface area contributed by atoms with Crippen molar-refractivity contribution >= 4 is 18.7 Å². The SMILES string of the molecule is CC(C)(C)[Si](OCC#C[C@H]1CCC[C@H]2OCCC[C@@H]2O1)(c1ccccc1)c1ccccc1. The van der Waals surface area contributed by atoms with E-state index in [4.69, 9.17) is 13.9 Å². The van der Waals surface area contributed by atoms with Gasteiger partial charge in [0.15, 0.2) is 0 Å². The fraction of sp³-hybridized carbons (Fsp3) is 0.500. The third kappa shape index (κ3) is 5.02. The van der Waals surface area contributed by atoms with Crippen LogP contribution in [0.4, 0.5) is 0 Å². The van der Waals surface area contributed by atoms with Crippen molar-refractivity contribution in [2.24, 2.45) is 0 Å². The molecule has 2 saturated heterocycles. The quantitative estimate of drug-likeness (QED) is 0.502. The van der Waals surface area contributed by atoms with Gasteiger partial charge >= 0.3 is 0 Å². The van der Waals surface area contributed by atoms with Gasteiger partial charge in [-0.15, -0.1) is 0 Å². The molecule has 0 aliphatic carbocycles. The zero-order chi connectivity index (χ0) is 22.4. The minimum atomic E-state index is -2.54. The van der Waals surface area contributed by atoms with E-state index in [1.807, 2.05) is 0 Å². The Labute approximate surface area is 194 Å². The van der Waals surface area contributed by atoms with Crippen LogP contribution in [0.25, 0.3) is 0 Å². The normalized spacial score (nSPS) is 24.0. The Hall–Kier alpha value is -1.90. The van der Waals surface area contributed by atoms with Crippen LogP contribution in [0.3, 0.4) is 0 Å². The van der Waals surface area contributed by atoms with Crippen LogP contribution in [0.1, 0.15) is 52.9 Å². The van der Waals surface area contributed by atoms with Crippen LogP contribution in [0.15, 0.2) is 60.7 Å². The standard InChI is InChI=1S/C28H36O3Si/c1-28(2,3)32(24-15-6-4-7-16-24,25-17-8-5-9-18-25)30-22-11-14-23-13-10-19-26-27(31-23)20-12-21-29-26/h4-9,15-18,23,26-27H,10,12-13,19-22H2,1-3H3/t23-,26-,27+/m1/s1. The molecule has 0 radical (unpaired) electrons. The third-order valence-electron chi connectivity index (χ3n) is 6.71. The molecule has 0 saturated carbocycles. The minimum absolute atomic E-state index is 0.0190. The predicted molar refractivity (Wildman–Crippen MR) is 133 cm³/mol. The summed E-state index contributed by atoms with van der Waals surface area (Å²) in [6.07, 6.45) is 5.77. The number of ether oxygens (including phenoxy) is 2. The Kier molecular flexibility index (Phi) is 7.53. The first kappa shape index (κ1) is 23.3. The highest BCUT2D eigenvalue weighted by Gasteiger charge is 2.50. The van der Waals surface area contributed by atoms with E-state index in [1.165, 1.54) is 10.4 Å². The van der Waals surface area contributed by atoms with Gasteiger partial charge in [0, 0.05) is 6.61 Å². The molecule has 0 spiro atoms. The highest BCUT2D eigenvalue weighted by Crippen LogP contribution is 2.36. The molecule has 0 aromatic heterocycles. The molecule has 2 fully saturated rings. The average molecular weight is 449 g/mol. The van der Waals surface area contributed by atoms with Crippen LogP contribution in [-0.2, 0) is 13.9 Å². The highest BCUT2D eigenvalue weighted by molar-refractivity contribution is 6.99. The van der Waals surface area contributed by atoms with E-state index in [0.29, 0.717) is 6.61 Å². The van der Waals surface area contributed by atoms with Crippen molar-refractivity contribution in [3.63, 3.8) is 0 Å². The molecule has 2 heterocycles. The van der Waals surface area contributed by atoms with Gasteiger partial charge in [0.1, 0.15) is 6.10 Å². The molecule has 170 valence electrons. The third-order valence-corrected chi connectivity index (χ3v) is 11.7. The van der Waals surface area contributed by atoms with Crippen LogP contribution in [0.2, 0.25) is 5.04 Å². The maximum atomic E-state index is 6.88. The summed E-state index contributed by atoms with van der Waals surface area (Å²) >= 11 is 0. The zero-order valence-electron chi connectivity index (χ0n) is 19.7. The Morgan fingerprint density at radius 3 is 2.12 bits per heavy atom. The summed E-state index contributed by atoms with van der Waals surface area (Å²) in [4.78, 5) is 0. The average Bonchev–Trinajstić information content (AvgIpc) is 3.01. The fourth-order valence-electron chi connectivity index (χ4n) is 5.19. The molecule has 2 aromatic carbocycles. The first-order chi connectivity index (χ1) is 15.5. The van der Waals surface area contributed by atoms with Gasteiger partial charge in [-0.1, -0.05) is 93.3 Å². The van der Waals surface area contributed by atoms with Crippen molar-refractivity contribution in [3.05, 3.63) is 60.7 Å². The Morgan fingerprint density at radius 2 is 1.50 bits per heavy atom. The minimum Gasteiger partial charge on any atom is -0.396 e. The molecular formula is C28H36O3Si. The number of hydrogen-bond donors (Lipinski definition) is 0. The highest BCUT2D eigenvalue weighted by atomic mass is 28.4. The second-order valence-electron chi connectivity index (χ2n) is 9.92. The second kappa shape index (κ2) is 10.4. The fourth-order valence-corrected chi connectivity index (χ4v) is 9.63. The van der Waals surface area contributed by atoms with E-state index < -0.39 is 8.32 Å². The molecule has 2 aromatic rings. The second-order valence-corrected chi connectivity index (χ2v) is 14.2. The molecule has 0 amide bonds. The molecule has 32 heavy (non-hydrogen) atoms. The van der Waals surface area contributed by atoms with Crippen LogP contribution in [0, 0.1) is 11.8 Å². The molecule has 0 unspecified atom stereocenters. The van der Waals surface area contributed by atoms with Crippen molar-refractivity contribution in [3.8, 4) is 11.8 Å². The van der Waals surface area contributed by atoms with E-state index in [2.05, 4.69) is 93.3 Å². The molecule has 4 rings (SSSR count). The summed E-state index contributed by atoms with van der Waals surface area (Å²) in [7, 11) is -2.54. The molecule has 3 nitrogen and oxygen atoms in total.